The highest BCUT2D eigenvalue weighted by Gasteiger charge is 2.23. The van der Waals surface area contributed by atoms with E-state index < -0.39 is 0 Å². The van der Waals surface area contributed by atoms with Crippen LogP contribution in [0.5, 0.6) is 0 Å². The second-order valence-electron chi connectivity index (χ2n) is 11.7. The van der Waals surface area contributed by atoms with Crippen LogP contribution in [0.1, 0.15) is 0 Å². The van der Waals surface area contributed by atoms with Gasteiger partial charge in [0.25, 0.3) is 0 Å². The summed E-state index contributed by atoms with van der Waals surface area (Å²) in [5.74, 6) is 0. The SMILES string of the molecule is c1ccc2c(c1)-c1cccc3cc(-c4ccc5ccc(-c6cc7c8c(cccc8c6)-c6ccccc6-7)cc5c4)cc-2c13. The van der Waals surface area contributed by atoms with Gasteiger partial charge in [0.1, 0.15) is 0 Å². The summed E-state index contributed by atoms with van der Waals surface area (Å²) in [6.07, 6.45) is 0. The van der Waals surface area contributed by atoms with Crippen molar-refractivity contribution in [2.45, 2.75) is 0 Å². The standard InChI is InChI=1S/C42H24/c1-3-11-35-33(9-1)37-13-5-7-28-21-31(23-39(35)41(28)37)26-17-15-25-16-18-27(20-30(25)19-26)32-22-29-8-6-14-38-34-10-2-4-12-36(34)40(24-32)42(29)38/h1-24H. The van der Waals surface area contributed by atoms with Crippen LogP contribution < -0.4 is 0 Å². The van der Waals surface area contributed by atoms with E-state index in [1.807, 2.05) is 0 Å². The zero-order valence-electron chi connectivity index (χ0n) is 22.9. The summed E-state index contributed by atoms with van der Waals surface area (Å²) in [6, 6.07) is 54.3. The molecule has 0 saturated heterocycles. The maximum Gasteiger partial charge on any atom is -0.00259 e. The third-order valence-electron chi connectivity index (χ3n) is 9.48. The number of hydrogen-bond donors (Lipinski definition) is 0. The molecule has 0 fully saturated rings. The average molecular weight is 529 g/mol. The Bertz CT molecular complexity index is 2290. The Morgan fingerprint density at radius 2 is 0.619 bits per heavy atom. The largest absolute Gasteiger partial charge is 0.0616 e. The second kappa shape index (κ2) is 8.06. The van der Waals surface area contributed by atoms with Gasteiger partial charge in [0.2, 0.25) is 0 Å². The quantitative estimate of drug-likeness (QED) is 0.209. The van der Waals surface area contributed by atoms with Gasteiger partial charge in [0, 0.05) is 0 Å². The molecule has 2 aliphatic carbocycles. The smallest absolute Gasteiger partial charge is 0.00259 e. The zero-order valence-corrected chi connectivity index (χ0v) is 22.9. The third-order valence-corrected chi connectivity index (χ3v) is 9.48. The Labute approximate surface area is 244 Å². The normalized spacial score (nSPS) is 12.3. The van der Waals surface area contributed by atoms with Crippen molar-refractivity contribution in [3.05, 3.63) is 146 Å². The van der Waals surface area contributed by atoms with E-state index in [4.69, 9.17) is 0 Å². The molecule has 0 amide bonds. The molecular weight excluding hydrogens is 504 g/mol. The minimum Gasteiger partial charge on any atom is -0.0616 e. The van der Waals surface area contributed by atoms with E-state index in [2.05, 4.69) is 146 Å². The fourth-order valence-corrected chi connectivity index (χ4v) is 7.57. The van der Waals surface area contributed by atoms with Gasteiger partial charge in [0.15, 0.2) is 0 Å². The molecule has 0 aliphatic heterocycles. The Morgan fingerprint density at radius 3 is 1.10 bits per heavy atom. The molecule has 0 aromatic heterocycles. The second-order valence-corrected chi connectivity index (χ2v) is 11.7. The predicted molar refractivity (Wildman–Crippen MR) is 179 cm³/mol. The van der Waals surface area contributed by atoms with Crippen molar-refractivity contribution in [3.63, 3.8) is 0 Å². The summed E-state index contributed by atoms with van der Waals surface area (Å²) in [5, 5.41) is 7.89. The maximum atomic E-state index is 2.39. The van der Waals surface area contributed by atoms with Gasteiger partial charge in [0.05, 0.1) is 0 Å². The minimum absolute atomic E-state index is 1.25. The van der Waals surface area contributed by atoms with Gasteiger partial charge in [-0.3, -0.25) is 0 Å². The Kier molecular flexibility index (Phi) is 4.27. The van der Waals surface area contributed by atoms with Crippen LogP contribution in [0, 0.1) is 0 Å². The lowest BCUT2D eigenvalue weighted by molar-refractivity contribution is 1.65. The van der Waals surface area contributed by atoms with Crippen molar-refractivity contribution in [2.24, 2.45) is 0 Å². The molecule has 0 heterocycles. The highest BCUT2D eigenvalue weighted by atomic mass is 14.3. The molecule has 0 saturated carbocycles. The summed E-state index contributed by atoms with van der Waals surface area (Å²) in [7, 11) is 0. The molecule has 0 N–H and O–H groups in total. The molecule has 0 atom stereocenters. The molecule has 0 spiro atoms. The van der Waals surface area contributed by atoms with Crippen LogP contribution in [0.2, 0.25) is 0 Å². The number of hydrogen-bond acceptors (Lipinski definition) is 0. The van der Waals surface area contributed by atoms with E-state index in [1.54, 1.807) is 0 Å². The Balaban J connectivity index is 1.13. The summed E-state index contributed by atoms with van der Waals surface area (Å²) in [6.45, 7) is 0. The molecular formula is C42H24. The number of benzene rings is 8. The van der Waals surface area contributed by atoms with Gasteiger partial charge in [-0.05, 0) is 135 Å². The van der Waals surface area contributed by atoms with Crippen LogP contribution in [-0.2, 0) is 0 Å². The molecule has 2 aliphatic rings. The lowest BCUT2D eigenvalue weighted by Gasteiger charge is -2.11. The van der Waals surface area contributed by atoms with Crippen molar-refractivity contribution in [1.29, 1.82) is 0 Å². The lowest BCUT2D eigenvalue weighted by atomic mass is 9.93. The molecule has 0 heteroatoms. The average Bonchev–Trinajstić information content (AvgIpc) is 3.55. The van der Waals surface area contributed by atoms with Gasteiger partial charge in [-0.15, -0.1) is 0 Å². The topological polar surface area (TPSA) is 0 Å². The number of rotatable bonds is 2. The van der Waals surface area contributed by atoms with E-state index in [0.717, 1.165) is 0 Å². The van der Waals surface area contributed by atoms with Crippen LogP contribution in [0.3, 0.4) is 0 Å². The monoisotopic (exact) mass is 528 g/mol. The molecule has 192 valence electrons. The van der Waals surface area contributed by atoms with Crippen LogP contribution in [0.25, 0.3) is 99.1 Å². The first-order chi connectivity index (χ1) is 20.8. The first-order valence-corrected chi connectivity index (χ1v) is 14.7. The predicted octanol–water partition coefficient (Wildman–Crippen LogP) is 11.8. The number of fused-ring (bicyclic) bond motifs is 7. The van der Waals surface area contributed by atoms with Gasteiger partial charge in [-0.2, -0.15) is 0 Å². The van der Waals surface area contributed by atoms with Crippen LogP contribution in [-0.4, -0.2) is 0 Å². The molecule has 0 radical (unpaired) electrons. The molecule has 0 bridgehead atoms. The van der Waals surface area contributed by atoms with E-state index in [9.17, 15) is 0 Å². The van der Waals surface area contributed by atoms with Gasteiger partial charge in [-0.25, -0.2) is 0 Å². The molecule has 8 aromatic rings. The molecule has 0 unspecified atom stereocenters. The van der Waals surface area contributed by atoms with Gasteiger partial charge in [-0.1, -0.05) is 109 Å². The zero-order chi connectivity index (χ0) is 27.4. The lowest BCUT2D eigenvalue weighted by Crippen LogP contribution is -1.85. The maximum absolute atomic E-state index is 2.39. The van der Waals surface area contributed by atoms with Crippen molar-refractivity contribution in [1.82, 2.24) is 0 Å². The summed E-state index contributed by atoms with van der Waals surface area (Å²) < 4.78 is 0. The fraction of sp³-hybridized carbons (Fsp3) is 0. The van der Waals surface area contributed by atoms with Gasteiger partial charge >= 0.3 is 0 Å². The summed E-state index contributed by atoms with van der Waals surface area (Å²) in [4.78, 5) is 0. The van der Waals surface area contributed by atoms with E-state index >= 15 is 0 Å². The summed E-state index contributed by atoms with van der Waals surface area (Å²) >= 11 is 0. The first kappa shape index (κ1) is 22.3. The van der Waals surface area contributed by atoms with Crippen LogP contribution in [0.4, 0.5) is 0 Å². The fourth-order valence-electron chi connectivity index (χ4n) is 7.57. The van der Waals surface area contributed by atoms with Crippen molar-refractivity contribution in [3.8, 4) is 66.8 Å². The van der Waals surface area contributed by atoms with E-state index in [0.29, 0.717) is 0 Å². The van der Waals surface area contributed by atoms with Crippen molar-refractivity contribution in [2.75, 3.05) is 0 Å². The Hall–Kier alpha value is -5.46. The molecule has 0 nitrogen and oxygen atoms in total. The molecule has 42 heavy (non-hydrogen) atoms. The minimum atomic E-state index is 1.25. The summed E-state index contributed by atoms with van der Waals surface area (Å²) in [5.41, 5.74) is 15.8. The third kappa shape index (κ3) is 2.96. The van der Waals surface area contributed by atoms with Crippen molar-refractivity contribution >= 4 is 32.3 Å². The van der Waals surface area contributed by atoms with Crippen LogP contribution >= 0.6 is 0 Å². The van der Waals surface area contributed by atoms with E-state index in [1.165, 1.54) is 99.1 Å². The molecule has 8 aromatic carbocycles. The molecule has 10 rings (SSSR count). The van der Waals surface area contributed by atoms with Crippen LogP contribution in [0.15, 0.2) is 146 Å². The van der Waals surface area contributed by atoms with E-state index in [-0.39, 0.29) is 0 Å². The van der Waals surface area contributed by atoms with Gasteiger partial charge < -0.3 is 0 Å². The Morgan fingerprint density at radius 1 is 0.214 bits per heavy atom. The van der Waals surface area contributed by atoms with Crippen molar-refractivity contribution < 1.29 is 0 Å². The first-order valence-electron chi connectivity index (χ1n) is 14.7. The highest BCUT2D eigenvalue weighted by Crippen LogP contribution is 2.50. The highest BCUT2D eigenvalue weighted by molar-refractivity contribution is 6.17.